The van der Waals surface area contributed by atoms with Crippen molar-refractivity contribution < 1.29 is 14.3 Å². The number of carbonyl (C=O) groups is 1. The third-order valence-electron chi connectivity index (χ3n) is 4.09. The number of hydrogen-bond donors (Lipinski definition) is 2. The molecule has 0 radical (unpaired) electrons. The molecule has 2 heterocycles. The van der Waals surface area contributed by atoms with Gasteiger partial charge in [0.05, 0.1) is 12.3 Å². The van der Waals surface area contributed by atoms with Gasteiger partial charge in [0.1, 0.15) is 5.75 Å². The van der Waals surface area contributed by atoms with Crippen molar-refractivity contribution in [3.63, 3.8) is 0 Å². The zero-order valence-electron chi connectivity index (χ0n) is 12.4. The molecule has 1 aromatic carbocycles. The molecule has 2 N–H and O–H groups in total. The number of hydrogen-bond acceptors (Lipinski definition) is 4. The van der Waals surface area contributed by atoms with Gasteiger partial charge < -0.3 is 20.1 Å². The van der Waals surface area contributed by atoms with E-state index in [4.69, 9.17) is 9.47 Å². The van der Waals surface area contributed by atoms with Crippen LogP contribution < -0.4 is 15.4 Å². The summed E-state index contributed by atoms with van der Waals surface area (Å²) in [5.41, 5.74) is 1.94. The molecule has 114 valence electrons. The Bertz CT molecular complexity index is 512. The second kappa shape index (κ2) is 6.45. The lowest BCUT2D eigenvalue weighted by Crippen LogP contribution is -2.33. The minimum atomic E-state index is -0.0966. The summed E-state index contributed by atoms with van der Waals surface area (Å²) < 4.78 is 11.0. The van der Waals surface area contributed by atoms with Crippen molar-refractivity contribution in [3.05, 3.63) is 23.8 Å². The fourth-order valence-electron chi connectivity index (χ4n) is 3.10. The number of ether oxygens (including phenoxy) is 2. The van der Waals surface area contributed by atoms with Crippen molar-refractivity contribution in [1.29, 1.82) is 0 Å². The minimum absolute atomic E-state index is 0.0966. The fourth-order valence-corrected chi connectivity index (χ4v) is 3.10. The van der Waals surface area contributed by atoms with E-state index in [9.17, 15) is 4.79 Å². The zero-order valence-corrected chi connectivity index (χ0v) is 12.4. The summed E-state index contributed by atoms with van der Waals surface area (Å²) in [5.74, 6) is 1.12. The number of nitrogens with one attached hydrogen (secondary N) is 2. The molecule has 1 fully saturated rings. The Morgan fingerprint density at radius 2 is 2.38 bits per heavy atom. The van der Waals surface area contributed by atoms with Crippen LogP contribution in [0.5, 0.6) is 5.75 Å². The van der Waals surface area contributed by atoms with Gasteiger partial charge in [-0.05, 0) is 37.1 Å². The number of anilines is 1. The van der Waals surface area contributed by atoms with E-state index in [0.717, 1.165) is 44.0 Å². The van der Waals surface area contributed by atoms with Crippen LogP contribution in [-0.2, 0) is 9.53 Å². The molecular formula is C16H22N2O3. The van der Waals surface area contributed by atoms with Gasteiger partial charge in [-0.1, -0.05) is 13.0 Å². The largest absolute Gasteiger partial charge is 0.482 e. The summed E-state index contributed by atoms with van der Waals surface area (Å²) in [7, 11) is 0. The molecule has 0 bridgehead atoms. The van der Waals surface area contributed by atoms with E-state index < -0.39 is 0 Å². The molecule has 5 heteroatoms. The van der Waals surface area contributed by atoms with Gasteiger partial charge >= 0.3 is 0 Å². The normalized spacial score (nSPS) is 22.9. The maximum absolute atomic E-state index is 11.5. The summed E-state index contributed by atoms with van der Waals surface area (Å²) in [4.78, 5) is 11.5. The molecule has 0 saturated carbocycles. The lowest BCUT2D eigenvalue weighted by molar-refractivity contribution is -0.118. The molecule has 1 amide bonds. The smallest absolute Gasteiger partial charge is 0.262 e. The summed E-state index contributed by atoms with van der Waals surface area (Å²) >= 11 is 0. The van der Waals surface area contributed by atoms with E-state index in [1.807, 2.05) is 12.1 Å². The van der Waals surface area contributed by atoms with Crippen LogP contribution in [-0.4, -0.2) is 32.3 Å². The van der Waals surface area contributed by atoms with E-state index in [2.05, 4.69) is 23.6 Å². The predicted octanol–water partition coefficient (Wildman–Crippen LogP) is 2.09. The van der Waals surface area contributed by atoms with Crippen LogP contribution in [0.3, 0.4) is 0 Å². The number of amides is 1. The second-order valence-corrected chi connectivity index (χ2v) is 5.61. The third kappa shape index (κ3) is 3.19. The van der Waals surface area contributed by atoms with E-state index in [1.54, 1.807) is 0 Å². The van der Waals surface area contributed by atoms with Gasteiger partial charge in [-0.15, -0.1) is 0 Å². The zero-order chi connectivity index (χ0) is 14.7. The van der Waals surface area contributed by atoms with Gasteiger partial charge in [-0.3, -0.25) is 4.79 Å². The molecule has 0 aromatic heterocycles. The molecule has 3 rings (SSSR count). The first-order valence-corrected chi connectivity index (χ1v) is 7.65. The Morgan fingerprint density at radius 1 is 1.48 bits per heavy atom. The molecule has 2 atom stereocenters. The minimum Gasteiger partial charge on any atom is -0.482 e. The topological polar surface area (TPSA) is 59.6 Å². The van der Waals surface area contributed by atoms with Gasteiger partial charge in [0, 0.05) is 18.6 Å². The summed E-state index contributed by atoms with van der Waals surface area (Å²) in [6.45, 7) is 4.77. The molecule has 2 aliphatic heterocycles. The summed E-state index contributed by atoms with van der Waals surface area (Å²) in [6, 6.07) is 6.30. The highest BCUT2D eigenvalue weighted by Gasteiger charge is 2.26. The van der Waals surface area contributed by atoms with Crippen molar-refractivity contribution in [1.82, 2.24) is 5.32 Å². The molecule has 2 unspecified atom stereocenters. The lowest BCUT2D eigenvalue weighted by Gasteiger charge is -2.32. The summed E-state index contributed by atoms with van der Waals surface area (Å²) in [6.07, 6.45) is 2.27. The maximum atomic E-state index is 11.5. The SMILES string of the molecule is CCNC(c1ccc2c(c1)NC(=O)CO2)C1CCCOC1. The Labute approximate surface area is 125 Å². The van der Waals surface area contributed by atoms with Crippen LogP contribution in [0.25, 0.3) is 0 Å². The van der Waals surface area contributed by atoms with Crippen LogP contribution >= 0.6 is 0 Å². The highest BCUT2D eigenvalue weighted by atomic mass is 16.5. The summed E-state index contributed by atoms with van der Waals surface area (Å²) in [5, 5.41) is 6.43. The van der Waals surface area contributed by atoms with Crippen LogP contribution in [0, 0.1) is 5.92 Å². The Balaban J connectivity index is 1.84. The molecule has 1 saturated heterocycles. The highest BCUT2D eigenvalue weighted by molar-refractivity contribution is 5.95. The van der Waals surface area contributed by atoms with E-state index >= 15 is 0 Å². The van der Waals surface area contributed by atoms with E-state index in [-0.39, 0.29) is 18.6 Å². The van der Waals surface area contributed by atoms with E-state index in [0.29, 0.717) is 5.92 Å². The molecule has 5 nitrogen and oxygen atoms in total. The Morgan fingerprint density at radius 3 is 3.14 bits per heavy atom. The number of rotatable bonds is 4. The predicted molar refractivity (Wildman–Crippen MR) is 80.5 cm³/mol. The van der Waals surface area contributed by atoms with Crippen molar-refractivity contribution >= 4 is 11.6 Å². The van der Waals surface area contributed by atoms with Crippen LogP contribution in [0.15, 0.2) is 18.2 Å². The molecule has 0 aliphatic carbocycles. The van der Waals surface area contributed by atoms with Crippen LogP contribution in [0.2, 0.25) is 0 Å². The van der Waals surface area contributed by atoms with Gasteiger partial charge in [-0.25, -0.2) is 0 Å². The van der Waals surface area contributed by atoms with Gasteiger partial charge in [0.2, 0.25) is 0 Å². The van der Waals surface area contributed by atoms with E-state index in [1.165, 1.54) is 5.56 Å². The van der Waals surface area contributed by atoms with Crippen molar-refractivity contribution in [2.45, 2.75) is 25.8 Å². The van der Waals surface area contributed by atoms with Gasteiger partial charge in [-0.2, -0.15) is 0 Å². The standard InChI is InChI=1S/C16H22N2O3/c1-2-17-16(12-4-3-7-20-9-12)11-5-6-14-13(8-11)18-15(19)10-21-14/h5-6,8,12,16-17H,2-4,7,9-10H2,1H3,(H,18,19). The average Bonchev–Trinajstić information content (AvgIpc) is 2.52. The fraction of sp³-hybridized carbons (Fsp3) is 0.562. The molecule has 0 spiro atoms. The lowest BCUT2D eigenvalue weighted by atomic mass is 9.88. The van der Waals surface area contributed by atoms with Crippen molar-refractivity contribution in [2.24, 2.45) is 5.92 Å². The van der Waals surface area contributed by atoms with Crippen LogP contribution in [0.4, 0.5) is 5.69 Å². The third-order valence-corrected chi connectivity index (χ3v) is 4.09. The first kappa shape index (κ1) is 14.4. The monoisotopic (exact) mass is 290 g/mol. The molecule has 21 heavy (non-hydrogen) atoms. The maximum Gasteiger partial charge on any atom is 0.262 e. The number of fused-ring (bicyclic) bond motifs is 1. The van der Waals surface area contributed by atoms with Gasteiger partial charge in [0.25, 0.3) is 5.91 Å². The number of benzene rings is 1. The first-order valence-electron chi connectivity index (χ1n) is 7.65. The quantitative estimate of drug-likeness (QED) is 0.891. The molecule has 1 aromatic rings. The first-order chi connectivity index (χ1) is 10.3. The van der Waals surface area contributed by atoms with Crippen molar-refractivity contribution in [3.8, 4) is 5.75 Å². The number of carbonyl (C=O) groups excluding carboxylic acids is 1. The van der Waals surface area contributed by atoms with Crippen LogP contribution in [0.1, 0.15) is 31.4 Å². The highest BCUT2D eigenvalue weighted by Crippen LogP contribution is 2.34. The Kier molecular flexibility index (Phi) is 4.41. The molecular weight excluding hydrogens is 268 g/mol. The second-order valence-electron chi connectivity index (χ2n) is 5.61. The van der Waals surface area contributed by atoms with Crippen molar-refractivity contribution in [2.75, 3.05) is 31.7 Å². The average molecular weight is 290 g/mol. The van der Waals surface area contributed by atoms with Gasteiger partial charge in [0.15, 0.2) is 6.61 Å². The molecule has 2 aliphatic rings. The Hall–Kier alpha value is -1.59.